The molecule has 0 bridgehead atoms. The molecular weight excluding hydrogens is 362 g/mol. The third kappa shape index (κ3) is 6.12. The number of amides is 2. The number of methoxy groups -OCH3 is 1. The van der Waals surface area contributed by atoms with Crippen LogP contribution in [0.25, 0.3) is 0 Å². The van der Waals surface area contributed by atoms with E-state index >= 15 is 0 Å². The molecule has 0 aliphatic carbocycles. The fourth-order valence-electron chi connectivity index (χ4n) is 2.25. The zero-order valence-corrected chi connectivity index (χ0v) is 16.1. The van der Waals surface area contributed by atoms with E-state index in [1.54, 1.807) is 42.5 Å². The first-order valence-corrected chi connectivity index (χ1v) is 8.78. The number of benzene rings is 2. The Bertz CT molecular complexity index is 846. The van der Waals surface area contributed by atoms with E-state index in [-0.39, 0.29) is 11.1 Å². The maximum absolute atomic E-state index is 12.2. The molecule has 0 fully saturated rings. The van der Waals surface area contributed by atoms with Gasteiger partial charge in [0.2, 0.25) is 0 Å². The average Bonchev–Trinajstić information content (AvgIpc) is 2.70. The highest BCUT2D eigenvalue weighted by atomic mass is 16.5. The first-order chi connectivity index (χ1) is 13.4. The highest BCUT2D eigenvalue weighted by molar-refractivity contribution is 6.07. The Kier molecular flexibility index (Phi) is 7.56. The zero-order chi connectivity index (χ0) is 20.5. The fourth-order valence-corrected chi connectivity index (χ4v) is 2.25. The lowest BCUT2D eigenvalue weighted by molar-refractivity contribution is -0.123. The van der Waals surface area contributed by atoms with Crippen molar-refractivity contribution in [1.29, 1.82) is 0 Å². The van der Waals surface area contributed by atoms with Crippen LogP contribution in [0.5, 0.6) is 11.5 Å². The number of ether oxygens (including phenoxy) is 3. The van der Waals surface area contributed by atoms with Gasteiger partial charge in [0.25, 0.3) is 11.8 Å². The average molecular weight is 385 g/mol. The van der Waals surface area contributed by atoms with Gasteiger partial charge in [-0.2, -0.15) is 0 Å². The number of hydrogen-bond donors (Lipinski definition) is 1. The van der Waals surface area contributed by atoms with Crippen LogP contribution in [0.15, 0.2) is 48.5 Å². The summed E-state index contributed by atoms with van der Waals surface area (Å²) in [6.07, 6.45) is 0. The van der Waals surface area contributed by atoms with Gasteiger partial charge in [0.15, 0.2) is 6.61 Å². The maximum Gasteiger partial charge on any atom is 0.338 e. The van der Waals surface area contributed by atoms with Crippen LogP contribution >= 0.6 is 0 Å². The van der Waals surface area contributed by atoms with E-state index in [9.17, 15) is 14.4 Å². The number of carbonyl (C=O) groups is 3. The van der Waals surface area contributed by atoms with Crippen molar-refractivity contribution < 1.29 is 28.6 Å². The summed E-state index contributed by atoms with van der Waals surface area (Å²) in [6, 6.07) is 13.0. The van der Waals surface area contributed by atoms with Crippen LogP contribution in [0, 0.1) is 5.92 Å². The van der Waals surface area contributed by atoms with Crippen molar-refractivity contribution in [2.24, 2.45) is 5.92 Å². The van der Waals surface area contributed by atoms with Crippen molar-refractivity contribution in [3.63, 3.8) is 0 Å². The Morgan fingerprint density at radius 1 is 1.04 bits per heavy atom. The van der Waals surface area contributed by atoms with E-state index in [0.29, 0.717) is 24.0 Å². The van der Waals surface area contributed by atoms with E-state index in [1.165, 1.54) is 13.2 Å². The van der Waals surface area contributed by atoms with Gasteiger partial charge in [0, 0.05) is 0 Å². The summed E-state index contributed by atoms with van der Waals surface area (Å²) in [5, 5.41) is 2.16. The highest BCUT2D eigenvalue weighted by Crippen LogP contribution is 2.17. The lowest BCUT2D eigenvalue weighted by Crippen LogP contribution is -2.34. The molecule has 2 amide bonds. The Morgan fingerprint density at radius 2 is 1.79 bits per heavy atom. The molecule has 1 N–H and O–H groups in total. The minimum atomic E-state index is -0.739. The Labute approximate surface area is 163 Å². The summed E-state index contributed by atoms with van der Waals surface area (Å²) < 4.78 is 15.6. The molecule has 2 rings (SSSR count). The summed E-state index contributed by atoms with van der Waals surface area (Å²) in [6.45, 7) is 3.97. The molecule has 148 valence electrons. The second-order valence-electron chi connectivity index (χ2n) is 6.39. The number of carbonyl (C=O) groups excluding carboxylic acids is 3. The van der Waals surface area contributed by atoms with Crippen LogP contribution in [0.4, 0.5) is 0 Å². The first kappa shape index (κ1) is 21.0. The molecule has 28 heavy (non-hydrogen) atoms. The molecule has 7 heteroatoms. The highest BCUT2D eigenvalue weighted by Gasteiger charge is 2.16. The zero-order valence-electron chi connectivity index (χ0n) is 16.1. The lowest BCUT2D eigenvalue weighted by atomic mass is 10.2. The molecule has 0 aromatic heterocycles. The monoisotopic (exact) mass is 385 g/mol. The van der Waals surface area contributed by atoms with Crippen LogP contribution < -0.4 is 14.8 Å². The predicted octanol–water partition coefficient (Wildman–Crippen LogP) is 2.84. The number of nitrogens with one attached hydrogen (secondary N) is 1. The number of esters is 1. The second-order valence-corrected chi connectivity index (χ2v) is 6.39. The third-order valence-electron chi connectivity index (χ3n) is 3.59. The normalized spacial score (nSPS) is 10.3. The second kappa shape index (κ2) is 10.1. The Hall–Kier alpha value is -3.35. The lowest BCUT2D eigenvalue weighted by Gasteiger charge is -2.10. The van der Waals surface area contributed by atoms with Gasteiger partial charge in [0.1, 0.15) is 11.5 Å². The largest absolute Gasteiger partial charge is 0.496 e. The number of rotatable bonds is 8. The van der Waals surface area contributed by atoms with Crippen molar-refractivity contribution in [3.05, 3.63) is 59.7 Å². The van der Waals surface area contributed by atoms with Gasteiger partial charge in [-0.1, -0.05) is 32.0 Å². The number of imide groups is 1. The molecule has 0 atom stereocenters. The predicted molar refractivity (Wildman–Crippen MR) is 103 cm³/mol. The molecule has 2 aromatic carbocycles. The van der Waals surface area contributed by atoms with Gasteiger partial charge in [-0.3, -0.25) is 14.9 Å². The number of para-hydroxylation sites is 1. The van der Waals surface area contributed by atoms with Crippen LogP contribution in [0.1, 0.15) is 34.6 Å². The molecule has 0 spiro atoms. The molecule has 2 aromatic rings. The van der Waals surface area contributed by atoms with E-state index in [2.05, 4.69) is 5.32 Å². The Morgan fingerprint density at radius 3 is 2.50 bits per heavy atom. The maximum atomic E-state index is 12.2. The molecule has 0 unspecified atom stereocenters. The molecular formula is C21H23NO6. The van der Waals surface area contributed by atoms with Gasteiger partial charge >= 0.3 is 5.97 Å². The summed E-state index contributed by atoms with van der Waals surface area (Å²) in [7, 11) is 1.43. The minimum Gasteiger partial charge on any atom is -0.496 e. The van der Waals surface area contributed by atoms with Crippen molar-refractivity contribution >= 4 is 17.8 Å². The standard InChI is InChI=1S/C21H23NO6/c1-14(2)12-27-16-8-6-7-15(11-16)21(25)28-13-19(23)22-20(24)17-9-4-5-10-18(17)26-3/h4-11,14H,12-13H2,1-3H3,(H,22,23,24). The molecule has 0 aliphatic heterocycles. The van der Waals surface area contributed by atoms with E-state index in [1.807, 2.05) is 13.8 Å². The van der Waals surface area contributed by atoms with Gasteiger partial charge in [-0.05, 0) is 36.2 Å². The van der Waals surface area contributed by atoms with E-state index in [0.717, 1.165) is 0 Å². The van der Waals surface area contributed by atoms with Gasteiger partial charge in [-0.25, -0.2) is 4.79 Å². The Balaban J connectivity index is 1.89. The summed E-state index contributed by atoms with van der Waals surface area (Å²) in [5.41, 5.74) is 0.463. The van der Waals surface area contributed by atoms with Crippen molar-refractivity contribution in [2.45, 2.75) is 13.8 Å². The van der Waals surface area contributed by atoms with Crippen molar-refractivity contribution in [3.8, 4) is 11.5 Å². The number of hydrogen-bond acceptors (Lipinski definition) is 6. The SMILES string of the molecule is COc1ccccc1C(=O)NC(=O)COC(=O)c1cccc(OCC(C)C)c1. The summed E-state index contributed by atoms with van der Waals surface area (Å²) in [4.78, 5) is 36.2. The third-order valence-corrected chi connectivity index (χ3v) is 3.59. The first-order valence-electron chi connectivity index (χ1n) is 8.78. The molecule has 0 saturated heterocycles. The molecule has 0 saturated carbocycles. The quantitative estimate of drug-likeness (QED) is 0.703. The van der Waals surface area contributed by atoms with Crippen molar-refractivity contribution in [1.82, 2.24) is 5.32 Å². The van der Waals surface area contributed by atoms with Gasteiger partial charge < -0.3 is 14.2 Å². The fraction of sp³-hybridized carbons (Fsp3) is 0.286. The van der Waals surface area contributed by atoms with E-state index < -0.39 is 24.4 Å². The van der Waals surface area contributed by atoms with E-state index in [4.69, 9.17) is 14.2 Å². The van der Waals surface area contributed by atoms with Crippen LogP contribution in [0.3, 0.4) is 0 Å². The molecule has 7 nitrogen and oxygen atoms in total. The smallest absolute Gasteiger partial charge is 0.338 e. The van der Waals surface area contributed by atoms with Crippen LogP contribution in [-0.2, 0) is 9.53 Å². The van der Waals surface area contributed by atoms with Crippen LogP contribution in [-0.4, -0.2) is 38.1 Å². The van der Waals surface area contributed by atoms with Crippen LogP contribution in [0.2, 0.25) is 0 Å². The van der Waals surface area contributed by atoms with Gasteiger partial charge in [0.05, 0.1) is 24.8 Å². The minimum absolute atomic E-state index is 0.208. The topological polar surface area (TPSA) is 90.9 Å². The summed E-state index contributed by atoms with van der Waals surface area (Å²) >= 11 is 0. The molecule has 0 radical (unpaired) electrons. The van der Waals surface area contributed by atoms with Gasteiger partial charge in [-0.15, -0.1) is 0 Å². The molecule has 0 aliphatic rings. The molecule has 0 heterocycles. The van der Waals surface area contributed by atoms with Crippen molar-refractivity contribution in [2.75, 3.05) is 20.3 Å². The summed E-state index contributed by atoms with van der Waals surface area (Å²) in [5.74, 6) is -0.837.